The molecule has 3 atom stereocenters. The molecule has 0 aliphatic carbocycles. The summed E-state index contributed by atoms with van der Waals surface area (Å²) in [7, 11) is -5.78. The molecule has 0 aromatic rings. The zero-order chi connectivity index (χ0) is 44.3. The van der Waals surface area contributed by atoms with Crippen molar-refractivity contribution in [2.75, 3.05) is 19.8 Å². The van der Waals surface area contributed by atoms with Crippen LogP contribution in [0.4, 0.5) is 0 Å². The maximum atomic E-state index is 14.1. The van der Waals surface area contributed by atoms with Gasteiger partial charge in [-0.3, -0.25) is 0 Å². The van der Waals surface area contributed by atoms with Crippen molar-refractivity contribution in [3.05, 3.63) is 0 Å². The van der Waals surface area contributed by atoms with Crippen molar-refractivity contribution in [2.24, 2.45) is 0 Å². The summed E-state index contributed by atoms with van der Waals surface area (Å²) < 4.78 is 28.8. The highest BCUT2D eigenvalue weighted by molar-refractivity contribution is 7.50. The van der Waals surface area contributed by atoms with E-state index in [1.807, 2.05) is 0 Å². The van der Waals surface area contributed by atoms with Crippen LogP contribution >= 0.6 is 7.82 Å². The van der Waals surface area contributed by atoms with Crippen molar-refractivity contribution in [1.82, 2.24) is 0 Å². The van der Waals surface area contributed by atoms with E-state index >= 15 is 0 Å². The monoisotopic (exact) mass is 867 g/mol. The Morgan fingerprint density at radius 3 is 0.695 bits per heavy atom. The van der Waals surface area contributed by atoms with E-state index in [0.29, 0.717) is 19.3 Å². The lowest BCUT2D eigenvalue weighted by Crippen LogP contribution is -2.47. The first kappa shape index (κ1) is 57.4. The molecule has 59 heavy (non-hydrogen) atoms. The summed E-state index contributed by atoms with van der Waals surface area (Å²) in [5.41, 5.74) is -7.87. The lowest BCUT2D eigenvalue weighted by Gasteiger charge is -2.30. The highest BCUT2D eigenvalue weighted by Gasteiger charge is 2.52. The molecule has 6 N–H and O–H groups in total. The van der Waals surface area contributed by atoms with E-state index in [-0.39, 0.29) is 38.5 Å². The second-order valence-corrected chi connectivity index (χ2v) is 18.4. The van der Waals surface area contributed by atoms with Crippen molar-refractivity contribution in [1.29, 1.82) is 0 Å². The zero-order valence-electron chi connectivity index (χ0n) is 37.4. The van der Waals surface area contributed by atoms with Gasteiger partial charge in [-0.25, -0.2) is 14.4 Å². The minimum absolute atomic E-state index is 0.276. The number of hydrogen-bond donors (Lipinski definition) is 6. The third-order valence-electron chi connectivity index (χ3n) is 11.3. The van der Waals surface area contributed by atoms with Gasteiger partial charge in [-0.05, 0) is 38.5 Å². The molecule has 0 fully saturated rings. The molecule has 0 aromatic heterocycles. The molecule has 0 amide bonds. The van der Waals surface area contributed by atoms with E-state index < -0.39 is 62.4 Å². The first-order valence-corrected chi connectivity index (χ1v) is 25.0. The number of carbonyl (C=O) groups excluding carboxylic acids is 3. The van der Waals surface area contributed by atoms with Crippen LogP contribution in [0.3, 0.4) is 0 Å². The highest BCUT2D eigenvalue weighted by atomic mass is 31.2. The Morgan fingerprint density at radius 2 is 0.525 bits per heavy atom. The summed E-state index contributed by atoms with van der Waals surface area (Å²) in [5, 5.41) is 63.3. The minimum atomic E-state index is -5.78. The van der Waals surface area contributed by atoms with Gasteiger partial charge >= 0.3 is 25.7 Å². The van der Waals surface area contributed by atoms with Gasteiger partial charge in [0.25, 0.3) is 0 Å². The average Bonchev–Trinajstić information content (AvgIpc) is 3.22. The maximum absolute atomic E-state index is 14.1. The first-order valence-electron chi connectivity index (χ1n) is 23.6. The van der Waals surface area contributed by atoms with Crippen LogP contribution in [0.1, 0.15) is 233 Å². The van der Waals surface area contributed by atoms with Gasteiger partial charge in [-0.1, -0.05) is 194 Å². The largest absolute Gasteiger partial charge is 0.654 e. The van der Waals surface area contributed by atoms with E-state index in [4.69, 9.17) is 13.6 Å². The summed E-state index contributed by atoms with van der Waals surface area (Å²) in [4.78, 5) is 40.0. The summed E-state index contributed by atoms with van der Waals surface area (Å²) in [6.07, 6.45) is 27.8. The van der Waals surface area contributed by atoms with Crippen LogP contribution in [0.2, 0.25) is 0 Å². The predicted molar refractivity (Wildman–Crippen MR) is 231 cm³/mol. The van der Waals surface area contributed by atoms with Crippen LogP contribution in [0.25, 0.3) is 0 Å². The van der Waals surface area contributed by atoms with Crippen LogP contribution in [0.5, 0.6) is 0 Å². The fourth-order valence-corrected chi connectivity index (χ4v) is 8.30. The van der Waals surface area contributed by atoms with Gasteiger partial charge in [0.05, 0.1) is 19.8 Å². The molecular formula is C45H87O13P. The van der Waals surface area contributed by atoms with E-state index in [0.717, 1.165) is 77.0 Å². The second-order valence-electron chi connectivity index (χ2n) is 16.9. The number of unbranched alkanes of at least 4 members (excludes halogenated alkanes) is 27. The van der Waals surface area contributed by atoms with Crippen molar-refractivity contribution in [2.45, 2.75) is 249 Å². The van der Waals surface area contributed by atoms with Crippen LogP contribution in [-0.4, -0.2) is 85.2 Å². The van der Waals surface area contributed by atoms with E-state index in [1.165, 1.54) is 77.0 Å². The quantitative estimate of drug-likeness (QED) is 0.0249. The highest BCUT2D eigenvalue weighted by Crippen LogP contribution is 2.53. The third kappa shape index (κ3) is 26.5. The Kier molecular flexibility index (Phi) is 34.0. The topological polar surface area (TPSA) is 217 Å². The molecule has 14 heteroatoms. The molecule has 13 nitrogen and oxygen atoms in total. The van der Waals surface area contributed by atoms with Crippen LogP contribution in [0, 0.1) is 0 Å². The first-order chi connectivity index (χ1) is 28.2. The number of phosphoric acid groups is 1. The zero-order valence-corrected chi connectivity index (χ0v) is 38.3. The van der Waals surface area contributed by atoms with Gasteiger partial charge in [0.15, 0.2) is 16.8 Å². The number of carbonyl (C=O) groups is 3. The van der Waals surface area contributed by atoms with Gasteiger partial charge in [0.1, 0.15) is 0 Å². The molecule has 0 aliphatic rings. The number of rotatable bonds is 42. The van der Waals surface area contributed by atoms with Gasteiger partial charge in [0.2, 0.25) is 0 Å². The Morgan fingerprint density at radius 1 is 0.356 bits per heavy atom. The molecule has 0 heterocycles. The molecule has 0 aromatic carbocycles. The normalized spacial score (nSPS) is 15.7. The summed E-state index contributed by atoms with van der Waals surface area (Å²) >= 11 is 0. The van der Waals surface area contributed by atoms with Crippen molar-refractivity contribution < 1.29 is 63.2 Å². The fourth-order valence-electron chi connectivity index (χ4n) is 7.07. The third-order valence-corrected chi connectivity index (χ3v) is 12.5. The van der Waals surface area contributed by atoms with Gasteiger partial charge in [-0.2, -0.15) is 4.57 Å². The van der Waals surface area contributed by atoms with Gasteiger partial charge in [0, 0.05) is 0 Å². The molecule has 0 bridgehead atoms. The van der Waals surface area contributed by atoms with E-state index in [9.17, 15) is 49.6 Å². The Hall–Kier alpha value is -1.60. The smallest absolute Gasteiger partial charge is 0.393 e. The molecular weight excluding hydrogens is 779 g/mol. The second kappa shape index (κ2) is 34.9. The Bertz CT molecular complexity index is 990. The van der Waals surface area contributed by atoms with Crippen molar-refractivity contribution >= 4 is 25.7 Å². The van der Waals surface area contributed by atoms with E-state index in [2.05, 4.69) is 20.8 Å². The molecule has 0 rings (SSSR count). The maximum Gasteiger partial charge on any atom is 0.654 e. The number of phosphoric ester groups is 1. The standard InChI is InChI=1S/C45H87O13P/c1-4-7-10-13-16-19-22-25-28-31-34-43(52,37-46)40(49)56-59(55,57-41(50)44(53,38-47)35-32-29-26-23-20-17-14-11-8-5-2)58-42(51)45(54,39-48)36-33-30-27-24-21-18-15-12-9-6-3/h46-48,52-54H,4-39H2,1-3H3. The van der Waals surface area contributed by atoms with Gasteiger partial charge in [-0.15, -0.1) is 0 Å². The Labute approximate surface area is 357 Å². The van der Waals surface area contributed by atoms with Crippen molar-refractivity contribution in [3.8, 4) is 0 Å². The lowest BCUT2D eigenvalue weighted by atomic mass is 9.96. The average molecular weight is 867 g/mol. The molecule has 0 spiro atoms. The molecule has 0 radical (unpaired) electrons. The number of aliphatic hydroxyl groups is 6. The summed E-state index contributed by atoms with van der Waals surface area (Å²) in [6.45, 7) is 3.00. The summed E-state index contributed by atoms with van der Waals surface area (Å²) in [5.74, 6) is -5.15. The molecule has 350 valence electrons. The molecule has 0 saturated heterocycles. The van der Waals surface area contributed by atoms with E-state index in [1.54, 1.807) is 0 Å². The fraction of sp³-hybridized carbons (Fsp3) is 0.933. The predicted octanol–water partition coefficient (Wildman–Crippen LogP) is 9.83. The lowest BCUT2D eigenvalue weighted by molar-refractivity contribution is -0.173. The minimum Gasteiger partial charge on any atom is -0.393 e. The van der Waals surface area contributed by atoms with Crippen LogP contribution in [-0.2, 0) is 32.5 Å². The number of aliphatic hydroxyl groups excluding tert-OH is 3. The SMILES string of the molecule is CCCCCCCCCCCCC(O)(CO)C(=O)OP(=O)(OC(=O)C(O)(CO)CCCCCCCCCCCC)OC(=O)C(O)(CO)CCCCCCCCCCCC. The summed E-state index contributed by atoms with van der Waals surface area (Å²) in [6, 6.07) is 0. The van der Waals surface area contributed by atoms with Crippen LogP contribution < -0.4 is 0 Å². The van der Waals surface area contributed by atoms with Gasteiger partial charge < -0.3 is 44.2 Å². The number of hydrogen-bond acceptors (Lipinski definition) is 13. The van der Waals surface area contributed by atoms with Crippen LogP contribution in [0.15, 0.2) is 0 Å². The molecule has 0 saturated carbocycles. The molecule has 0 aliphatic heterocycles. The van der Waals surface area contributed by atoms with Crippen molar-refractivity contribution in [3.63, 3.8) is 0 Å². The Balaban J connectivity index is 5.70. The molecule has 3 unspecified atom stereocenters.